The van der Waals surface area contributed by atoms with E-state index >= 15 is 0 Å². The van der Waals surface area contributed by atoms with Crippen molar-refractivity contribution in [1.29, 1.82) is 0 Å². The maximum atomic E-state index is 11.9. The van der Waals surface area contributed by atoms with Crippen molar-refractivity contribution in [3.8, 4) is 0 Å². The lowest BCUT2D eigenvalue weighted by atomic mass is 9.75. The summed E-state index contributed by atoms with van der Waals surface area (Å²) in [6, 6.07) is 0. The van der Waals surface area contributed by atoms with Gasteiger partial charge >= 0.3 is 5.97 Å². The minimum absolute atomic E-state index is 0.227. The summed E-state index contributed by atoms with van der Waals surface area (Å²) in [5.74, 6) is -0.174. The van der Waals surface area contributed by atoms with Gasteiger partial charge in [-0.05, 0) is 37.3 Å². The van der Waals surface area contributed by atoms with Gasteiger partial charge in [0.15, 0.2) is 5.78 Å². The van der Waals surface area contributed by atoms with E-state index in [2.05, 4.69) is 6.92 Å². The molecule has 0 radical (unpaired) electrons. The third-order valence-electron chi connectivity index (χ3n) is 3.70. The fourth-order valence-electron chi connectivity index (χ4n) is 2.70. The van der Waals surface area contributed by atoms with Crippen molar-refractivity contribution >= 4 is 11.8 Å². The number of allylic oxidation sites excluding steroid dienone is 5. The Labute approximate surface area is 114 Å². The number of carboxylic acids is 1. The predicted octanol–water partition coefficient (Wildman–Crippen LogP) is 3.53. The summed E-state index contributed by atoms with van der Waals surface area (Å²) >= 11 is 0. The highest BCUT2D eigenvalue weighted by Gasteiger charge is 2.28. The molecule has 19 heavy (non-hydrogen) atoms. The number of ketones is 1. The lowest BCUT2D eigenvalue weighted by Gasteiger charge is -2.29. The molecule has 104 valence electrons. The van der Waals surface area contributed by atoms with Crippen LogP contribution in [0.15, 0.2) is 34.9 Å². The lowest BCUT2D eigenvalue weighted by Crippen LogP contribution is -2.24. The molecule has 0 saturated carbocycles. The second kappa shape index (κ2) is 6.50. The van der Waals surface area contributed by atoms with Gasteiger partial charge in [0.1, 0.15) is 0 Å². The molecule has 2 atom stereocenters. The van der Waals surface area contributed by atoms with E-state index in [1.165, 1.54) is 6.08 Å². The summed E-state index contributed by atoms with van der Waals surface area (Å²) in [6.45, 7) is 7.85. The molecule has 0 spiro atoms. The molecule has 0 aromatic heterocycles. The second-order valence-electron chi connectivity index (χ2n) is 5.23. The highest BCUT2D eigenvalue weighted by molar-refractivity contribution is 5.97. The molecule has 0 heterocycles. The van der Waals surface area contributed by atoms with E-state index in [-0.39, 0.29) is 17.6 Å². The van der Waals surface area contributed by atoms with Crippen LogP contribution in [0.3, 0.4) is 0 Å². The SMILES string of the molecule is CCC1=C(C)C(/C=C/C(C)=C\C(=O)O)C(C)CC1=O. The van der Waals surface area contributed by atoms with Crippen molar-refractivity contribution in [2.75, 3.05) is 0 Å². The summed E-state index contributed by atoms with van der Waals surface area (Å²) in [4.78, 5) is 22.5. The first-order valence-electron chi connectivity index (χ1n) is 6.69. The number of rotatable bonds is 4. The maximum absolute atomic E-state index is 11.9. The van der Waals surface area contributed by atoms with E-state index < -0.39 is 5.97 Å². The molecule has 0 amide bonds. The molecule has 1 N–H and O–H groups in total. The van der Waals surface area contributed by atoms with Gasteiger partial charge in [-0.3, -0.25) is 4.79 Å². The van der Waals surface area contributed by atoms with Gasteiger partial charge in [0, 0.05) is 18.4 Å². The molecule has 1 rings (SSSR count). The highest BCUT2D eigenvalue weighted by atomic mass is 16.4. The first-order valence-corrected chi connectivity index (χ1v) is 6.69. The van der Waals surface area contributed by atoms with Crippen molar-refractivity contribution in [2.45, 2.75) is 40.5 Å². The summed E-state index contributed by atoms with van der Waals surface area (Å²) in [5.41, 5.74) is 2.78. The smallest absolute Gasteiger partial charge is 0.328 e. The average Bonchev–Trinajstić information content (AvgIpc) is 2.27. The monoisotopic (exact) mass is 262 g/mol. The van der Waals surface area contributed by atoms with Crippen LogP contribution in [0.25, 0.3) is 0 Å². The van der Waals surface area contributed by atoms with E-state index in [9.17, 15) is 9.59 Å². The van der Waals surface area contributed by atoms with Gasteiger partial charge in [0.25, 0.3) is 0 Å². The number of carbonyl (C=O) groups excluding carboxylic acids is 1. The Morgan fingerprint density at radius 3 is 2.63 bits per heavy atom. The summed E-state index contributed by atoms with van der Waals surface area (Å²) in [6.07, 6.45) is 6.40. The number of carbonyl (C=O) groups is 2. The first kappa shape index (κ1) is 15.4. The number of carboxylic acid groups (broad SMARTS) is 1. The fourth-order valence-corrected chi connectivity index (χ4v) is 2.70. The maximum Gasteiger partial charge on any atom is 0.328 e. The molecule has 0 aliphatic heterocycles. The van der Waals surface area contributed by atoms with Gasteiger partial charge in [-0.2, -0.15) is 0 Å². The van der Waals surface area contributed by atoms with Gasteiger partial charge in [-0.15, -0.1) is 0 Å². The molecule has 0 aromatic rings. The van der Waals surface area contributed by atoms with Gasteiger partial charge in [-0.1, -0.05) is 31.6 Å². The molecule has 1 aliphatic carbocycles. The third-order valence-corrected chi connectivity index (χ3v) is 3.70. The number of hydrogen-bond acceptors (Lipinski definition) is 2. The number of aliphatic carboxylic acids is 1. The lowest BCUT2D eigenvalue weighted by molar-refractivity contribution is -0.131. The molecular formula is C16H22O3. The highest BCUT2D eigenvalue weighted by Crippen LogP contribution is 2.34. The minimum Gasteiger partial charge on any atom is -0.478 e. The number of Topliss-reactive ketones (excluding diaryl/α,β-unsaturated/α-hetero) is 1. The Hall–Kier alpha value is -1.64. The van der Waals surface area contributed by atoms with E-state index in [0.29, 0.717) is 12.0 Å². The van der Waals surface area contributed by atoms with Crippen molar-refractivity contribution in [3.05, 3.63) is 34.9 Å². The zero-order valence-electron chi connectivity index (χ0n) is 12.1. The molecule has 2 unspecified atom stereocenters. The molecule has 3 nitrogen and oxygen atoms in total. The standard InChI is InChI=1S/C16H22O3/c1-5-13-12(4)14(11(3)9-15(13)17)7-6-10(2)8-16(18)19/h6-8,11,14H,5,9H2,1-4H3,(H,18,19)/b7-6+,10-8-. The Morgan fingerprint density at radius 1 is 1.47 bits per heavy atom. The average molecular weight is 262 g/mol. The van der Waals surface area contributed by atoms with Crippen LogP contribution in [0, 0.1) is 11.8 Å². The van der Waals surface area contributed by atoms with E-state index in [1.807, 2.05) is 26.0 Å². The molecule has 0 saturated heterocycles. The van der Waals surface area contributed by atoms with Crippen molar-refractivity contribution in [3.63, 3.8) is 0 Å². The Morgan fingerprint density at radius 2 is 2.11 bits per heavy atom. The van der Waals surface area contributed by atoms with Crippen LogP contribution < -0.4 is 0 Å². The van der Waals surface area contributed by atoms with Crippen LogP contribution in [-0.4, -0.2) is 16.9 Å². The summed E-state index contributed by atoms with van der Waals surface area (Å²) in [7, 11) is 0. The van der Waals surface area contributed by atoms with Crippen LogP contribution in [0.4, 0.5) is 0 Å². The molecule has 1 aliphatic rings. The topological polar surface area (TPSA) is 54.4 Å². The van der Waals surface area contributed by atoms with Gasteiger partial charge in [0.2, 0.25) is 0 Å². The van der Waals surface area contributed by atoms with E-state index in [4.69, 9.17) is 5.11 Å². The Balaban J connectivity index is 2.99. The number of hydrogen-bond donors (Lipinski definition) is 1. The van der Waals surface area contributed by atoms with Crippen molar-refractivity contribution < 1.29 is 14.7 Å². The molecule has 0 bridgehead atoms. The minimum atomic E-state index is -0.935. The molecular weight excluding hydrogens is 240 g/mol. The quantitative estimate of drug-likeness (QED) is 0.623. The van der Waals surface area contributed by atoms with Crippen molar-refractivity contribution in [2.24, 2.45) is 11.8 Å². The third kappa shape index (κ3) is 3.91. The zero-order valence-corrected chi connectivity index (χ0v) is 12.1. The molecule has 3 heteroatoms. The zero-order chi connectivity index (χ0) is 14.6. The van der Waals surface area contributed by atoms with Crippen LogP contribution in [0.1, 0.15) is 40.5 Å². The van der Waals surface area contributed by atoms with Crippen LogP contribution in [-0.2, 0) is 9.59 Å². The van der Waals surface area contributed by atoms with Crippen LogP contribution in [0.2, 0.25) is 0 Å². The van der Waals surface area contributed by atoms with Gasteiger partial charge in [-0.25, -0.2) is 4.79 Å². The Kier molecular flexibility index (Phi) is 5.28. The van der Waals surface area contributed by atoms with E-state index in [1.54, 1.807) is 6.92 Å². The molecule has 0 fully saturated rings. The Bertz CT molecular complexity index is 466. The van der Waals surface area contributed by atoms with Gasteiger partial charge < -0.3 is 5.11 Å². The van der Waals surface area contributed by atoms with Crippen molar-refractivity contribution in [1.82, 2.24) is 0 Å². The summed E-state index contributed by atoms with van der Waals surface area (Å²) in [5, 5.41) is 8.68. The van der Waals surface area contributed by atoms with Crippen LogP contribution in [0.5, 0.6) is 0 Å². The summed E-state index contributed by atoms with van der Waals surface area (Å²) < 4.78 is 0. The fraction of sp³-hybridized carbons (Fsp3) is 0.500. The van der Waals surface area contributed by atoms with Gasteiger partial charge in [0.05, 0.1) is 0 Å². The van der Waals surface area contributed by atoms with Crippen LogP contribution >= 0.6 is 0 Å². The molecule has 0 aromatic carbocycles. The largest absolute Gasteiger partial charge is 0.478 e. The predicted molar refractivity (Wildman–Crippen MR) is 75.8 cm³/mol. The van der Waals surface area contributed by atoms with E-state index in [0.717, 1.165) is 17.6 Å². The first-order chi connectivity index (χ1) is 8.86. The second-order valence-corrected chi connectivity index (χ2v) is 5.23. The normalized spacial score (nSPS) is 25.3.